The smallest absolute Gasteiger partial charge is 0.408 e. The minimum Gasteiger partial charge on any atom is -0.458 e. The van der Waals surface area contributed by atoms with Gasteiger partial charge in [-0.15, -0.1) is 0 Å². The van der Waals surface area contributed by atoms with Crippen molar-refractivity contribution in [1.82, 2.24) is 10.6 Å². The topological polar surface area (TPSA) is 137 Å². The Labute approximate surface area is 288 Å². The van der Waals surface area contributed by atoms with Crippen LogP contribution in [0.15, 0.2) is 72.8 Å². The fourth-order valence-corrected chi connectivity index (χ4v) is 7.70. The van der Waals surface area contributed by atoms with Crippen LogP contribution in [0.1, 0.15) is 68.7 Å². The first kappa shape index (κ1) is 39.6. The fourth-order valence-electron chi connectivity index (χ4n) is 5.55. The average Bonchev–Trinajstić information content (AvgIpc) is 3.06. The van der Waals surface area contributed by atoms with Crippen molar-refractivity contribution in [3.05, 3.63) is 107 Å². The number of amides is 1. The molecule has 0 fully saturated rings. The van der Waals surface area contributed by atoms with Crippen molar-refractivity contribution in [1.29, 1.82) is 0 Å². The fraction of sp³-hybridized carbons (Fsp3) is 0.459. The molecule has 0 radical (unpaired) electrons. The van der Waals surface area contributed by atoms with Crippen LogP contribution in [0.3, 0.4) is 0 Å². The third-order valence-corrected chi connectivity index (χ3v) is 10.4. The van der Waals surface area contributed by atoms with Gasteiger partial charge in [-0.05, 0) is 60.1 Å². The van der Waals surface area contributed by atoms with E-state index in [-0.39, 0.29) is 25.1 Å². The largest absolute Gasteiger partial charge is 0.458 e. The second kappa shape index (κ2) is 20.0. The molecule has 4 N–H and O–H groups in total. The molecule has 0 heterocycles. The molecule has 49 heavy (non-hydrogen) atoms. The number of alkyl carbamates (subject to hydrolysis) is 1. The standard InChI is InChI=1S/C37H49F2N3O6S/c1-4-11-32(12-5-2)49(45,46)25-34(42-37(44)47-24-27-13-8-7-9-14-27)36(43)48-35(23-41-22-28-16-10-15-26(6-3)17-28)33(40)20-29-18-30(38)21-31(39)19-29/h7-10,13-19,21,32-35,41H,4-6,11-12,20,22-25,40H2,1-3H3,(H,42,44)/t33-,34-,35+/m0/s1. The summed E-state index contributed by atoms with van der Waals surface area (Å²) in [6, 6.07) is 17.3. The first-order chi connectivity index (χ1) is 23.4. The maximum absolute atomic E-state index is 14.0. The summed E-state index contributed by atoms with van der Waals surface area (Å²) in [5.41, 5.74) is 9.58. The van der Waals surface area contributed by atoms with Crippen LogP contribution in [-0.2, 0) is 50.1 Å². The number of halogens is 2. The Hall–Kier alpha value is -3.87. The van der Waals surface area contributed by atoms with Crippen molar-refractivity contribution in [3.63, 3.8) is 0 Å². The number of carbonyl (C=O) groups excluding carboxylic acids is 2. The molecule has 3 aromatic rings. The van der Waals surface area contributed by atoms with Crippen molar-refractivity contribution in [2.75, 3.05) is 12.3 Å². The number of carbonyl (C=O) groups is 2. The molecule has 1 amide bonds. The number of benzene rings is 3. The Morgan fingerprint density at radius 2 is 1.47 bits per heavy atom. The van der Waals surface area contributed by atoms with Crippen molar-refractivity contribution in [2.24, 2.45) is 5.73 Å². The lowest BCUT2D eigenvalue weighted by atomic mass is 10.0. The minimum atomic E-state index is -3.88. The second-order valence-corrected chi connectivity index (χ2v) is 14.5. The average molecular weight is 702 g/mol. The number of ether oxygens (including phenoxy) is 2. The number of sulfone groups is 1. The summed E-state index contributed by atoms with van der Waals surface area (Å²) in [7, 11) is -3.88. The van der Waals surface area contributed by atoms with E-state index < -0.39 is 62.7 Å². The molecule has 0 aliphatic carbocycles. The molecule has 3 rings (SSSR count). The summed E-state index contributed by atoms with van der Waals surface area (Å²) in [6.07, 6.45) is 0.784. The maximum Gasteiger partial charge on any atom is 0.408 e. The van der Waals surface area contributed by atoms with Gasteiger partial charge in [0.1, 0.15) is 30.4 Å². The van der Waals surface area contributed by atoms with E-state index in [1.807, 2.05) is 51.1 Å². The Morgan fingerprint density at radius 3 is 2.10 bits per heavy atom. The maximum atomic E-state index is 14.0. The van der Waals surface area contributed by atoms with Gasteiger partial charge in [-0.1, -0.05) is 88.2 Å². The summed E-state index contributed by atoms with van der Waals surface area (Å²) < 4.78 is 66.3. The lowest BCUT2D eigenvalue weighted by molar-refractivity contribution is -0.151. The number of nitrogens with one attached hydrogen (secondary N) is 2. The van der Waals surface area contributed by atoms with Gasteiger partial charge in [0.2, 0.25) is 0 Å². The number of aryl methyl sites for hydroxylation is 1. The zero-order valence-corrected chi connectivity index (χ0v) is 29.3. The van der Waals surface area contributed by atoms with Gasteiger partial charge >= 0.3 is 12.1 Å². The molecule has 0 bridgehead atoms. The predicted molar refractivity (Wildman–Crippen MR) is 186 cm³/mol. The van der Waals surface area contributed by atoms with E-state index in [0.717, 1.165) is 35.7 Å². The van der Waals surface area contributed by atoms with Gasteiger partial charge in [-0.3, -0.25) is 0 Å². The summed E-state index contributed by atoms with van der Waals surface area (Å²) in [5.74, 6) is -3.28. The summed E-state index contributed by atoms with van der Waals surface area (Å²) in [6.45, 7) is 6.14. The van der Waals surface area contributed by atoms with E-state index in [0.29, 0.717) is 37.8 Å². The SMILES string of the molecule is CCCC(CCC)S(=O)(=O)C[C@H](NC(=O)OCc1ccccc1)C(=O)O[C@H](CNCc1cccc(CC)c1)[C@@H](N)Cc1cc(F)cc(F)c1. The van der Waals surface area contributed by atoms with Crippen LogP contribution < -0.4 is 16.4 Å². The highest BCUT2D eigenvalue weighted by molar-refractivity contribution is 7.92. The number of hydrogen-bond donors (Lipinski definition) is 3. The Bertz CT molecular complexity index is 1570. The Kier molecular flexibility index (Phi) is 16.1. The van der Waals surface area contributed by atoms with Gasteiger partial charge < -0.3 is 25.8 Å². The lowest BCUT2D eigenvalue weighted by Crippen LogP contribution is -2.52. The quantitative estimate of drug-likeness (QED) is 0.126. The molecule has 3 aromatic carbocycles. The highest BCUT2D eigenvalue weighted by atomic mass is 32.2. The van der Waals surface area contributed by atoms with Crippen molar-refractivity contribution in [3.8, 4) is 0 Å². The van der Waals surface area contributed by atoms with E-state index in [2.05, 4.69) is 10.6 Å². The molecule has 0 aliphatic rings. The van der Waals surface area contributed by atoms with Gasteiger partial charge in [0.15, 0.2) is 9.84 Å². The van der Waals surface area contributed by atoms with Crippen LogP contribution in [0.4, 0.5) is 13.6 Å². The minimum absolute atomic E-state index is 0.0350. The van der Waals surface area contributed by atoms with Crippen molar-refractivity contribution < 1.29 is 36.3 Å². The summed E-state index contributed by atoms with van der Waals surface area (Å²) >= 11 is 0. The zero-order chi connectivity index (χ0) is 35.8. The third kappa shape index (κ3) is 13.5. The second-order valence-electron chi connectivity index (χ2n) is 12.2. The third-order valence-electron chi connectivity index (χ3n) is 8.13. The first-order valence-electron chi connectivity index (χ1n) is 16.8. The molecule has 9 nitrogen and oxygen atoms in total. The predicted octanol–water partition coefficient (Wildman–Crippen LogP) is 5.78. The van der Waals surface area contributed by atoms with E-state index in [1.165, 1.54) is 0 Å². The first-order valence-corrected chi connectivity index (χ1v) is 18.5. The zero-order valence-electron chi connectivity index (χ0n) is 28.5. The summed E-state index contributed by atoms with van der Waals surface area (Å²) in [5, 5.41) is 4.93. The highest BCUT2D eigenvalue weighted by Gasteiger charge is 2.35. The highest BCUT2D eigenvalue weighted by Crippen LogP contribution is 2.18. The molecule has 12 heteroatoms. The van der Waals surface area contributed by atoms with Gasteiger partial charge in [-0.2, -0.15) is 0 Å². The van der Waals surface area contributed by atoms with Crippen LogP contribution >= 0.6 is 0 Å². The number of nitrogens with two attached hydrogens (primary N) is 1. The Morgan fingerprint density at radius 1 is 0.837 bits per heavy atom. The molecule has 268 valence electrons. The van der Waals surface area contributed by atoms with Gasteiger partial charge in [0.05, 0.1) is 11.0 Å². The van der Waals surface area contributed by atoms with Crippen molar-refractivity contribution in [2.45, 2.75) is 95.9 Å². The van der Waals surface area contributed by atoms with Gasteiger partial charge in [0, 0.05) is 25.2 Å². The molecule has 0 saturated heterocycles. The van der Waals surface area contributed by atoms with E-state index in [1.54, 1.807) is 24.3 Å². The van der Waals surface area contributed by atoms with Crippen LogP contribution in [0, 0.1) is 11.6 Å². The van der Waals surface area contributed by atoms with E-state index >= 15 is 0 Å². The van der Waals surface area contributed by atoms with Gasteiger partial charge in [0.25, 0.3) is 0 Å². The lowest BCUT2D eigenvalue weighted by Gasteiger charge is -2.28. The van der Waals surface area contributed by atoms with Crippen molar-refractivity contribution >= 4 is 21.9 Å². The molecule has 0 spiro atoms. The normalized spacial score (nSPS) is 13.4. The van der Waals surface area contributed by atoms with E-state index in [4.69, 9.17) is 15.2 Å². The molecule has 0 aromatic heterocycles. The molecule has 0 saturated carbocycles. The molecule has 3 atom stereocenters. The van der Waals surface area contributed by atoms with Crippen LogP contribution in [0.2, 0.25) is 0 Å². The van der Waals surface area contributed by atoms with Crippen LogP contribution in [0.5, 0.6) is 0 Å². The summed E-state index contributed by atoms with van der Waals surface area (Å²) in [4.78, 5) is 26.7. The molecular formula is C37H49F2N3O6S. The van der Waals surface area contributed by atoms with Crippen LogP contribution in [0.25, 0.3) is 0 Å². The Balaban J connectivity index is 1.85. The number of esters is 1. The molecular weight excluding hydrogens is 652 g/mol. The van der Waals surface area contributed by atoms with E-state index in [9.17, 15) is 26.8 Å². The van der Waals surface area contributed by atoms with Crippen LogP contribution in [-0.4, -0.2) is 56.2 Å². The van der Waals surface area contributed by atoms with Gasteiger partial charge in [-0.25, -0.2) is 26.8 Å². The monoisotopic (exact) mass is 701 g/mol. The molecule has 0 unspecified atom stereocenters. The molecule has 0 aliphatic heterocycles. The number of rotatable bonds is 20. The number of hydrogen-bond acceptors (Lipinski definition) is 8.